The first kappa shape index (κ1) is 82.5. The number of carbonyl (C=O) groups is 12. The van der Waals surface area contributed by atoms with Crippen LogP contribution in [0.2, 0.25) is 0 Å². The third-order valence-electron chi connectivity index (χ3n) is 16.5. The van der Waals surface area contributed by atoms with Crippen LogP contribution in [0.1, 0.15) is 170 Å². The second-order valence-corrected chi connectivity index (χ2v) is 26.4. The molecule has 0 aliphatic carbocycles. The molecule has 0 saturated heterocycles. The summed E-state index contributed by atoms with van der Waals surface area (Å²) in [4.78, 5) is 175. The summed E-state index contributed by atoms with van der Waals surface area (Å²) in [6.45, 7) is 31.2. The first-order valence-electron chi connectivity index (χ1n) is 31.9. The van der Waals surface area contributed by atoms with Crippen molar-refractivity contribution in [1.29, 1.82) is 0 Å². The molecule has 5 N–H and O–H groups in total. The first-order valence-corrected chi connectivity index (χ1v) is 31.9. The predicted molar refractivity (Wildman–Crippen MR) is 345 cm³/mol. The molecule has 0 radical (unpaired) electrons. The van der Waals surface area contributed by atoms with Crippen molar-refractivity contribution in [2.24, 2.45) is 41.4 Å². The molecule has 510 valence electrons. The number of carbonyl (C=O) groups excluding carboxylic acids is 12. The Labute approximate surface area is 533 Å². The summed E-state index contributed by atoms with van der Waals surface area (Å²) >= 11 is 0. The molecule has 0 heterocycles. The molecule has 0 spiro atoms. The Balaban J connectivity index is 7.00. The molecule has 89 heavy (non-hydrogen) atoms. The lowest BCUT2D eigenvalue weighted by molar-refractivity contribution is -0.163. The highest BCUT2D eigenvalue weighted by molar-refractivity contribution is 5.98. The Bertz CT molecular complexity index is 2380. The van der Waals surface area contributed by atoms with E-state index < -0.39 is 150 Å². The van der Waals surface area contributed by atoms with Crippen LogP contribution in [-0.4, -0.2) is 223 Å². The molecule has 0 aliphatic rings. The number of likely N-dealkylation sites (N-methyl/N-ethyl adjacent to an activating group) is 7. The summed E-state index contributed by atoms with van der Waals surface area (Å²) in [6.07, 6.45) is 5.37. The standard InChI is InChI=1S/C65H117N11O13/c1-26-29-30-43(15)56(89-46(18)78)55(76(25)65(88)54(41(12)13)75(24)63(86)49(66-19)32-38(6)7)60(83)69-48(28-3)62(85)71(20)35-52(79)73(22)51(34-42(14)27-2)59(82)70-53(40(10)11)64(87)74(23)50(33-39(8)9)58(81)67-44(16)57(80)68-45(17)61(84)72(21)47(36-77)31-37(4)5/h26,29,36-45,47-51,53-56,66H,27-28,30-35H2,1-25H3,(H,67,81)(H,68,80)(H,69,83)(H,70,82)/b29-26+/t42?,43-,44+,45-,47+,48+,49+,50+,51+,53+,54+,55+,56-/m1/s1. The Hall–Kier alpha value is -6.46. The van der Waals surface area contributed by atoms with Gasteiger partial charge in [0, 0.05) is 49.2 Å². The van der Waals surface area contributed by atoms with Crippen LogP contribution >= 0.6 is 0 Å². The van der Waals surface area contributed by atoms with Crippen molar-refractivity contribution in [3.63, 3.8) is 0 Å². The number of hydrogen-bond donors (Lipinski definition) is 5. The lowest BCUT2D eigenvalue weighted by Gasteiger charge is -2.41. The zero-order valence-corrected chi connectivity index (χ0v) is 58.8. The lowest BCUT2D eigenvalue weighted by Crippen LogP contribution is -2.63. The number of nitrogens with zero attached hydrogens (tertiary/aromatic N) is 6. The van der Waals surface area contributed by atoms with Crippen molar-refractivity contribution in [2.75, 3.05) is 55.9 Å². The molecule has 0 aromatic carbocycles. The van der Waals surface area contributed by atoms with E-state index in [9.17, 15) is 57.5 Å². The summed E-state index contributed by atoms with van der Waals surface area (Å²) in [5.74, 6) is -8.31. The van der Waals surface area contributed by atoms with Crippen LogP contribution in [0, 0.1) is 41.4 Å². The summed E-state index contributed by atoms with van der Waals surface area (Å²) in [5.41, 5.74) is 0. The third-order valence-corrected chi connectivity index (χ3v) is 16.5. The quantitative estimate of drug-likeness (QED) is 0.0328. The predicted octanol–water partition coefficient (Wildman–Crippen LogP) is 4.18. The highest BCUT2D eigenvalue weighted by Gasteiger charge is 2.45. The van der Waals surface area contributed by atoms with E-state index in [1.165, 1.54) is 80.5 Å². The van der Waals surface area contributed by atoms with Gasteiger partial charge in [0.1, 0.15) is 60.7 Å². The molecule has 10 amide bonds. The van der Waals surface area contributed by atoms with Gasteiger partial charge in [0.05, 0.1) is 18.6 Å². The van der Waals surface area contributed by atoms with Gasteiger partial charge in [-0.15, -0.1) is 0 Å². The van der Waals surface area contributed by atoms with E-state index in [0.29, 0.717) is 32.0 Å². The average molecular weight is 1260 g/mol. The van der Waals surface area contributed by atoms with Crippen molar-refractivity contribution in [3.8, 4) is 0 Å². The number of esters is 1. The number of nitrogens with one attached hydrogen (secondary N) is 5. The fourth-order valence-corrected chi connectivity index (χ4v) is 10.6. The molecule has 1 unspecified atom stereocenters. The van der Waals surface area contributed by atoms with Crippen LogP contribution in [0.5, 0.6) is 0 Å². The van der Waals surface area contributed by atoms with Gasteiger partial charge in [-0.2, -0.15) is 0 Å². The van der Waals surface area contributed by atoms with Gasteiger partial charge in [0.15, 0.2) is 0 Å². The van der Waals surface area contributed by atoms with E-state index in [1.54, 1.807) is 61.7 Å². The van der Waals surface area contributed by atoms with E-state index in [4.69, 9.17) is 4.74 Å². The second kappa shape index (κ2) is 39.6. The zero-order chi connectivity index (χ0) is 69.2. The molecule has 0 aromatic heterocycles. The molecule has 0 saturated carbocycles. The molecule has 0 aliphatic heterocycles. The van der Waals surface area contributed by atoms with Crippen molar-refractivity contribution in [3.05, 3.63) is 12.2 Å². The number of ether oxygens (including phenoxy) is 1. The Morgan fingerprint density at radius 2 is 1.01 bits per heavy atom. The normalized spacial score (nSPS) is 16.1. The smallest absolute Gasteiger partial charge is 0.303 e. The molecular weight excluding hydrogens is 1140 g/mol. The lowest BCUT2D eigenvalue weighted by atomic mass is 9.91. The van der Waals surface area contributed by atoms with Gasteiger partial charge < -0.3 is 65.5 Å². The molecule has 0 fully saturated rings. The molecule has 0 aromatic rings. The van der Waals surface area contributed by atoms with Crippen LogP contribution in [0.15, 0.2) is 12.2 Å². The van der Waals surface area contributed by atoms with Crippen LogP contribution < -0.4 is 26.6 Å². The average Bonchev–Trinajstić information content (AvgIpc) is 0.927. The monoisotopic (exact) mass is 1260 g/mol. The fourth-order valence-electron chi connectivity index (χ4n) is 10.6. The van der Waals surface area contributed by atoms with E-state index in [1.807, 2.05) is 68.4 Å². The third kappa shape index (κ3) is 25.8. The number of allylic oxidation sites excluding steroid dienone is 2. The van der Waals surface area contributed by atoms with Gasteiger partial charge in [-0.1, -0.05) is 116 Å². The van der Waals surface area contributed by atoms with Crippen molar-refractivity contribution in [1.82, 2.24) is 56.0 Å². The van der Waals surface area contributed by atoms with E-state index in [-0.39, 0.29) is 48.8 Å². The van der Waals surface area contributed by atoms with Crippen LogP contribution in [0.25, 0.3) is 0 Å². The maximum Gasteiger partial charge on any atom is 0.303 e. The van der Waals surface area contributed by atoms with Crippen LogP contribution in [-0.2, 0) is 62.3 Å². The van der Waals surface area contributed by atoms with E-state index in [0.717, 1.165) is 4.90 Å². The van der Waals surface area contributed by atoms with Gasteiger partial charge in [0.2, 0.25) is 59.1 Å². The molecule has 13 atom stereocenters. The Morgan fingerprint density at radius 3 is 1.47 bits per heavy atom. The van der Waals surface area contributed by atoms with Gasteiger partial charge in [-0.05, 0) is 108 Å². The summed E-state index contributed by atoms with van der Waals surface area (Å²) in [5, 5.41) is 14.0. The summed E-state index contributed by atoms with van der Waals surface area (Å²) < 4.78 is 5.88. The van der Waals surface area contributed by atoms with Crippen LogP contribution in [0.3, 0.4) is 0 Å². The Kier molecular flexibility index (Phi) is 36.7. The van der Waals surface area contributed by atoms with Crippen LogP contribution in [0.4, 0.5) is 0 Å². The zero-order valence-electron chi connectivity index (χ0n) is 58.8. The van der Waals surface area contributed by atoms with Gasteiger partial charge in [0.25, 0.3) is 0 Å². The maximum atomic E-state index is 14.9. The highest BCUT2D eigenvalue weighted by atomic mass is 16.5. The number of amides is 10. The summed E-state index contributed by atoms with van der Waals surface area (Å²) in [7, 11) is 10.3. The largest absolute Gasteiger partial charge is 0.459 e. The minimum absolute atomic E-state index is 0.0255. The van der Waals surface area contributed by atoms with Gasteiger partial charge in [-0.3, -0.25) is 52.7 Å². The maximum absolute atomic E-state index is 14.9. The molecular formula is C65H117N11O13. The SMILES string of the molecule is C/C=C/C[C@@H](C)[C@@H](OC(C)=O)[C@@H](C(=O)N[C@@H](CC)C(=O)N(C)CC(=O)N(C)[C@@H](CC(C)CC)C(=O)N[C@H](C(=O)N(C)[C@@H](CC(C)C)C(=O)N[C@@H](C)C(=O)N[C@H](C)C(=O)N(C)[C@H](C=O)CC(C)C)C(C)C)N(C)C(=O)[C@H](C(C)C)N(C)C(=O)[C@H](CC(C)C)NC. The number of rotatable bonds is 39. The van der Waals surface area contributed by atoms with E-state index in [2.05, 4.69) is 26.6 Å². The van der Waals surface area contributed by atoms with Crippen molar-refractivity contribution in [2.45, 2.75) is 236 Å². The van der Waals surface area contributed by atoms with Crippen molar-refractivity contribution >= 4 is 71.3 Å². The minimum atomic E-state index is -1.51. The minimum Gasteiger partial charge on any atom is -0.459 e. The molecule has 24 heteroatoms. The second-order valence-electron chi connectivity index (χ2n) is 26.4. The number of aldehydes is 1. The Morgan fingerprint density at radius 1 is 0.494 bits per heavy atom. The molecule has 0 rings (SSSR count). The molecule has 0 bridgehead atoms. The van der Waals surface area contributed by atoms with E-state index >= 15 is 0 Å². The topological polar surface area (TPSA) is 294 Å². The van der Waals surface area contributed by atoms with Gasteiger partial charge >= 0.3 is 5.97 Å². The fraction of sp³-hybridized carbons (Fsp3) is 0.785. The summed E-state index contributed by atoms with van der Waals surface area (Å²) in [6, 6.07) is -10.8. The molecule has 24 nitrogen and oxygen atoms in total. The first-order chi connectivity index (χ1) is 41.2. The highest BCUT2D eigenvalue weighted by Crippen LogP contribution is 2.25. The van der Waals surface area contributed by atoms with Gasteiger partial charge in [-0.25, -0.2) is 0 Å². The van der Waals surface area contributed by atoms with Crippen molar-refractivity contribution < 1.29 is 62.3 Å². The number of hydrogen-bond acceptors (Lipinski definition) is 14.